The molecule has 7 nitrogen and oxygen atoms in total. The maximum Gasteiger partial charge on any atom is 0.303 e. The molecule has 1 rings (SSSR count). The number of ether oxygens (including phenoxy) is 2. The highest BCUT2D eigenvalue weighted by atomic mass is 16.6. The fourth-order valence-electron chi connectivity index (χ4n) is 1.34. The maximum atomic E-state index is 10.6. The quantitative estimate of drug-likeness (QED) is 0.351. The van der Waals surface area contributed by atoms with E-state index in [1.54, 1.807) is 0 Å². The summed E-state index contributed by atoms with van der Waals surface area (Å²) in [5.41, 5.74) is 0. The van der Waals surface area contributed by atoms with E-state index in [1.165, 1.54) is 0 Å². The van der Waals surface area contributed by atoms with Crippen molar-refractivity contribution in [1.82, 2.24) is 0 Å². The molecule has 1 saturated heterocycles. The Morgan fingerprint density at radius 2 is 2.29 bits per heavy atom. The first-order valence-electron chi connectivity index (χ1n) is 4.09. The number of hydrogen-bond acceptors (Lipinski definition) is 6. The molecule has 0 aliphatic carbocycles. The van der Waals surface area contributed by atoms with Crippen LogP contribution in [-0.2, 0) is 14.3 Å². The highest BCUT2D eigenvalue weighted by Gasteiger charge is 2.44. The molecule has 1 heterocycles. The Morgan fingerprint density at radius 1 is 1.64 bits per heavy atom. The van der Waals surface area contributed by atoms with Crippen LogP contribution >= 0.6 is 0 Å². The van der Waals surface area contributed by atoms with Gasteiger partial charge in [-0.1, -0.05) is 0 Å². The number of rotatable bonds is 2. The zero-order valence-corrected chi connectivity index (χ0v) is 7.58. The van der Waals surface area contributed by atoms with Gasteiger partial charge in [0.15, 0.2) is 6.10 Å². The predicted molar refractivity (Wildman–Crippen MR) is 43.2 cm³/mol. The average Bonchev–Trinajstić information content (AvgIpc) is 2.01. The molecule has 1 aliphatic rings. The molecule has 0 aromatic rings. The minimum atomic E-state index is -1.30. The van der Waals surface area contributed by atoms with Gasteiger partial charge in [-0.15, -0.1) is 0 Å². The van der Waals surface area contributed by atoms with Gasteiger partial charge in [0.05, 0.1) is 13.2 Å². The lowest BCUT2D eigenvalue weighted by Gasteiger charge is -2.28. The number of carbonyl (C=O) groups excluding carboxylic acids is 1. The van der Waals surface area contributed by atoms with Crippen LogP contribution in [0.1, 0.15) is 6.92 Å². The van der Waals surface area contributed by atoms with E-state index in [-0.39, 0.29) is 13.2 Å². The summed E-state index contributed by atoms with van der Waals surface area (Å²) >= 11 is 0. The number of nitro groups is 1. The molecule has 7 heteroatoms. The van der Waals surface area contributed by atoms with Crippen molar-refractivity contribution in [2.75, 3.05) is 13.2 Å². The molecule has 0 aromatic heterocycles. The monoisotopic (exact) mass is 205 g/mol. The number of esters is 1. The predicted octanol–water partition coefficient (Wildman–Crippen LogP) is -1.05. The van der Waals surface area contributed by atoms with Crippen LogP contribution < -0.4 is 0 Å². The second kappa shape index (κ2) is 4.34. The summed E-state index contributed by atoms with van der Waals surface area (Å²) in [7, 11) is 0. The molecule has 0 unspecified atom stereocenters. The topological polar surface area (TPSA) is 98.9 Å². The van der Waals surface area contributed by atoms with Gasteiger partial charge < -0.3 is 14.6 Å². The highest BCUT2D eigenvalue weighted by molar-refractivity contribution is 5.66. The summed E-state index contributed by atoms with van der Waals surface area (Å²) in [6, 6.07) is -1.30. The SMILES string of the molecule is CC(=O)O[C@H]1COC[C@@H](O)[C@@H]1[N+](=O)[O-]. The molecule has 14 heavy (non-hydrogen) atoms. The van der Waals surface area contributed by atoms with E-state index >= 15 is 0 Å². The standard InChI is InChI=1S/C7H11NO6/c1-4(9)14-6-3-13-2-5(10)7(6)8(11)12/h5-7,10H,2-3H2,1H3/t5-,6+,7+/m1/s1. The van der Waals surface area contributed by atoms with Gasteiger partial charge in [-0.05, 0) is 0 Å². The number of aliphatic hydroxyl groups excluding tert-OH is 1. The zero-order chi connectivity index (χ0) is 10.7. The number of aliphatic hydroxyl groups is 1. The number of nitrogens with zero attached hydrogens (tertiary/aromatic N) is 1. The minimum absolute atomic E-state index is 0.0533. The maximum absolute atomic E-state index is 10.6. The molecular weight excluding hydrogens is 194 g/mol. The lowest BCUT2D eigenvalue weighted by molar-refractivity contribution is -0.552. The van der Waals surface area contributed by atoms with Gasteiger partial charge in [-0.25, -0.2) is 0 Å². The Kier molecular flexibility index (Phi) is 3.37. The normalized spacial score (nSPS) is 32.3. The molecule has 1 aliphatic heterocycles. The van der Waals surface area contributed by atoms with Crippen molar-refractivity contribution in [2.45, 2.75) is 25.2 Å². The van der Waals surface area contributed by atoms with Gasteiger partial charge in [0.25, 0.3) is 6.04 Å². The molecule has 0 aromatic carbocycles. The van der Waals surface area contributed by atoms with Gasteiger partial charge >= 0.3 is 5.97 Å². The van der Waals surface area contributed by atoms with Crippen molar-refractivity contribution >= 4 is 5.97 Å². The van der Waals surface area contributed by atoms with Crippen LogP contribution in [0.2, 0.25) is 0 Å². The van der Waals surface area contributed by atoms with E-state index in [9.17, 15) is 20.0 Å². The van der Waals surface area contributed by atoms with Gasteiger partial charge in [0, 0.05) is 11.8 Å². The van der Waals surface area contributed by atoms with E-state index in [0.717, 1.165) is 6.92 Å². The lowest BCUT2D eigenvalue weighted by Crippen LogP contribution is -2.53. The van der Waals surface area contributed by atoms with Crippen molar-refractivity contribution in [1.29, 1.82) is 0 Å². The second-order valence-electron chi connectivity index (χ2n) is 3.03. The minimum Gasteiger partial charge on any atom is -0.453 e. The van der Waals surface area contributed by atoms with Crippen LogP contribution in [0.5, 0.6) is 0 Å². The fourth-order valence-corrected chi connectivity index (χ4v) is 1.34. The van der Waals surface area contributed by atoms with Crippen molar-refractivity contribution in [3.63, 3.8) is 0 Å². The van der Waals surface area contributed by atoms with Crippen LogP contribution in [0.4, 0.5) is 0 Å². The van der Waals surface area contributed by atoms with Gasteiger partial charge in [-0.3, -0.25) is 14.9 Å². The van der Waals surface area contributed by atoms with Gasteiger partial charge in [-0.2, -0.15) is 0 Å². The molecule has 0 amide bonds. The number of carbonyl (C=O) groups is 1. The molecule has 0 bridgehead atoms. The van der Waals surface area contributed by atoms with Crippen LogP contribution in [0.25, 0.3) is 0 Å². The highest BCUT2D eigenvalue weighted by Crippen LogP contribution is 2.15. The summed E-state index contributed by atoms with van der Waals surface area (Å²) < 4.78 is 9.51. The van der Waals surface area contributed by atoms with E-state index in [0.29, 0.717) is 0 Å². The van der Waals surface area contributed by atoms with Crippen molar-refractivity contribution < 1.29 is 24.3 Å². The van der Waals surface area contributed by atoms with Gasteiger partial charge in [0.1, 0.15) is 6.10 Å². The molecule has 1 fully saturated rings. The number of hydrogen-bond donors (Lipinski definition) is 1. The molecule has 0 saturated carbocycles. The Morgan fingerprint density at radius 3 is 2.79 bits per heavy atom. The van der Waals surface area contributed by atoms with E-state index in [1.807, 2.05) is 0 Å². The molecule has 0 spiro atoms. The van der Waals surface area contributed by atoms with Crippen LogP contribution in [0.3, 0.4) is 0 Å². The van der Waals surface area contributed by atoms with Crippen molar-refractivity contribution in [3.05, 3.63) is 10.1 Å². The third-order valence-corrected chi connectivity index (χ3v) is 1.91. The van der Waals surface area contributed by atoms with Crippen molar-refractivity contribution in [3.8, 4) is 0 Å². The van der Waals surface area contributed by atoms with Crippen LogP contribution in [-0.4, -0.2) is 47.5 Å². The van der Waals surface area contributed by atoms with Gasteiger partial charge in [0.2, 0.25) is 0 Å². The smallest absolute Gasteiger partial charge is 0.303 e. The first kappa shape index (κ1) is 10.9. The second-order valence-corrected chi connectivity index (χ2v) is 3.03. The molecule has 0 radical (unpaired) electrons. The Balaban J connectivity index is 2.69. The molecule has 80 valence electrons. The van der Waals surface area contributed by atoms with Crippen LogP contribution in [0.15, 0.2) is 0 Å². The summed E-state index contributed by atoms with van der Waals surface area (Å²) in [4.78, 5) is 20.5. The first-order valence-corrected chi connectivity index (χ1v) is 4.09. The summed E-state index contributed by atoms with van der Waals surface area (Å²) in [6.07, 6.45) is -2.24. The molecular formula is C7H11NO6. The third-order valence-electron chi connectivity index (χ3n) is 1.91. The zero-order valence-electron chi connectivity index (χ0n) is 7.58. The Labute approximate surface area is 79.8 Å². The Bertz CT molecular complexity index is 242. The fraction of sp³-hybridized carbons (Fsp3) is 0.857. The summed E-state index contributed by atoms with van der Waals surface area (Å²) in [5, 5.41) is 19.8. The first-order chi connectivity index (χ1) is 6.52. The van der Waals surface area contributed by atoms with E-state index < -0.39 is 29.1 Å². The lowest BCUT2D eigenvalue weighted by atomic mass is 10.0. The van der Waals surface area contributed by atoms with E-state index in [4.69, 9.17) is 4.74 Å². The largest absolute Gasteiger partial charge is 0.453 e. The van der Waals surface area contributed by atoms with E-state index in [2.05, 4.69) is 4.74 Å². The molecule has 1 N–H and O–H groups in total. The van der Waals surface area contributed by atoms with Crippen LogP contribution in [0, 0.1) is 10.1 Å². The summed E-state index contributed by atoms with van der Waals surface area (Å²) in [6.45, 7) is 0.990. The van der Waals surface area contributed by atoms with Crippen molar-refractivity contribution in [2.24, 2.45) is 0 Å². The summed E-state index contributed by atoms with van der Waals surface area (Å²) in [5.74, 6) is -0.625. The Hall–Kier alpha value is -1.21. The molecule has 3 atom stereocenters. The third kappa shape index (κ3) is 2.39. The average molecular weight is 205 g/mol.